The molecule has 7 nitrogen and oxygen atoms in total. The summed E-state index contributed by atoms with van der Waals surface area (Å²) in [4.78, 5) is 23.7. The summed E-state index contributed by atoms with van der Waals surface area (Å²) < 4.78 is 10.5. The maximum atomic E-state index is 11.9. The highest BCUT2D eigenvalue weighted by molar-refractivity contribution is 7.80. The van der Waals surface area contributed by atoms with Gasteiger partial charge in [0.25, 0.3) is 5.91 Å². The molecule has 0 aliphatic rings. The first-order valence-electron chi connectivity index (χ1n) is 8.94. The van der Waals surface area contributed by atoms with Gasteiger partial charge in [-0.1, -0.05) is 31.2 Å². The van der Waals surface area contributed by atoms with Gasteiger partial charge in [-0.15, -0.1) is 0 Å². The lowest BCUT2D eigenvalue weighted by Gasteiger charge is -2.10. The third kappa shape index (κ3) is 8.02. The number of carbonyl (C=O) groups excluding carboxylic acids is 2. The standard InChI is InChI=1S/C21H23N3O4S/c1-3-15-4-11-18(12-5-15)28-14-20(26)23-24-21(29)22-19(25)13-8-16-6-9-17(27-2)10-7-16/h4-13H,3,14H2,1-2H3,(H,23,26)(H2,22,24,25,29). The number of methoxy groups -OCH3 is 1. The van der Waals surface area contributed by atoms with Crippen LogP contribution in [0.2, 0.25) is 0 Å². The first-order chi connectivity index (χ1) is 14.0. The van der Waals surface area contributed by atoms with Crippen LogP contribution in [0.15, 0.2) is 54.6 Å². The molecule has 0 heterocycles. The normalized spacial score (nSPS) is 10.3. The summed E-state index contributed by atoms with van der Waals surface area (Å²) in [6.07, 6.45) is 3.90. The van der Waals surface area contributed by atoms with E-state index in [4.69, 9.17) is 21.7 Å². The third-order valence-corrected chi connectivity index (χ3v) is 4.00. The first-order valence-corrected chi connectivity index (χ1v) is 9.34. The number of benzene rings is 2. The van der Waals surface area contributed by atoms with Gasteiger partial charge in [0.05, 0.1) is 7.11 Å². The molecule has 0 saturated heterocycles. The summed E-state index contributed by atoms with van der Waals surface area (Å²) in [5, 5.41) is 2.40. The van der Waals surface area contributed by atoms with E-state index in [2.05, 4.69) is 23.1 Å². The maximum Gasteiger partial charge on any atom is 0.276 e. The minimum Gasteiger partial charge on any atom is -0.497 e. The van der Waals surface area contributed by atoms with Crippen LogP contribution in [0.5, 0.6) is 11.5 Å². The molecule has 2 rings (SSSR count). The predicted molar refractivity (Wildman–Crippen MR) is 115 cm³/mol. The van der Waals surface area contributed by atoms with Crippen molar-refractivity contribution in [2.45, 2.75) is 13.3 Å². The van der Waals surface area contributed by atoms with E-state index < -0.39 is 11.8 Å². The Balaban J connectivity index is 1.68. The van der Waals surface area contributed by atoms with Gasteiger partial charge in [-0.2, -0.15) is 0 Å². The molecule has 0 radical (unpaired) electrons. The van der Waals surface area contributed by atoms with E-state index in [1.54, 1.807) is 37.5 Å². The van der Waals surface area contributed by atoms with Gasteiger partial charge in [-0.05, 0) is 60.1 Å². The fraction of sp³-hybridized carbons (Fsp3) is 0.190. The summed E-state index contributed by atoms with van der Waals surface area (Å²) in [5.41, 5.74) is 6.83. The SMILES string of the molecule is CCc1ccc(OCC(=O)NNC(=S)NC(=O)C=Cc2ccc(OC)cc2)cc1. The number of hydrogen-bond donors (Lipinski definition) is 3. The van der Waals surface area contributed by atoms with Crippen molar-refractivity contribution in [3.8, 4) is 11.5 Å². The monoisotopic (exact) mass is 413 g/mol. The van der Waals surface area contributed by atoms with Crippen LogP contribution in [0.3, 0.4) is 0 Å². The van der Waals surface area contributed by atoms with Crippen molar-refractivity contribution >= 4 is 35.2 Å². The molecule has 0 saturated carbocycles. The molecule has 0 unspecified atom stereocenters. The third-order valence-electron chi connectivity index (χ3n) is 3.80. The van der Waals surface area contributed by atoms with Crippen molar-refractivity contribution in [2.24, 2.45) is 0 Å². The molecule has 0 aliphatic heterocycles. The van der Waals surface area contributed by atoms with E-state index in [-0.39, 0.29) is 11.7 Å². The number of hydrazine groups is 1. The number of hydrogen-bond acceptors (Lipinski definition) is 5. The van der Waals surface area contributed by atoms with Gasteiger partial charge in [0, 0.05) is 6.08 Å². The number of ether oxygens (including phenoxy) is 2. The Labute approximate surface area is 175 Å². The Morgan fingerprint density at radius 1 is 1.00 bits per heavy atom. The van der Waals surface area contributed by atoms with Gasteiger partial charge in [-0.25, -0.2) is 0 Å². The topological polar surface area (TPSA) is 88.7 Å². The minimum atomic E-state index is -0.435. The molecule has 0 spiro atoms. The zero-order chi connectivity index (χ0) is 21.1. The molecule has 8 heteroatoms. The van der Waals surface area contributed by atoms with Gasteiger partial charge >= 0.3 is 0 Å². The largest absolute Gasteiger partial charge is 0.497 e. The van der Waals surface area contributed by atoms with E-state index in [1.165, 1.54) is 11.6 Å². The molecule has 0 atom stereocenters. The highest BCUT2D eigenvalue weighted by Crippen LogP contribution is 2.13. The van der Waals surface area contributed by atoms with Crippen molar-refractivity contribution < 1.29 is 19.1 Å². The summed E-state index contributed by atoms with van der Waals surface area (Å²) in [6.45, 7) is 1.87. The molecular weight excluding hydrogens is 390 g/mol. The number of amides is 2. The van der Waals surface area contributed by atoms with E-state index in [0.29, 0.717) is 5.75 Å². The van der Waals surface area contributed by atoms with E-state index >= 15 is 0 Å². The van der Waals surface area contributed by atoms with Gasteiger partial charge in [0.15, 0.2) is 11.7 Å². The van der Waals surface area contributed by atoms with E-state index in [1.807, 2.05) is 24.3 Å². The van der Waals surface area contributed by atoms with E-state index in [0.717, 1.165) is 17.7 Å². The number of aryl methyl sites for hydroxylation is 1. The molecular formula is C21H23N3O4S. The molecule has 2 amide bonds. The average Bonchev–Trinajstić information content (AvgIpc) is 2.75. The van der Waals surface area contributed by atoms with Crippen LogP contribution >= 0.6 is 12.2 Å². The fourth-order valence-electron chi connectivity index (χ4n) is 2.20. The van der Waals surface area contributed by atoms with Crippen LogP contribution in [-0.2, 0) is 16.0 Å². The Bertz CT molecular complexity index is 864. The molecule has 0 fully saturated rings. The Kier molecular flexibility index (Phi) is 8.65. The van der Waals surface area contributed by atoms with Gasteiger partial charge in [0.2, 0.25) is 5.91 Å². The lowest BCUT2D eigenvalue weighted by molar-refractivity contribution is -0.123. The van der Waals surface area contributed by atoms with Crippen molar-refractivity contribution in [1.82, 2.24) is 16.2 Å². The molecule has 3 N–H and O–H groups in total. The molecule has 2 aromatic carbocycles. The van der Waals surface area contributed by atoms with Crippen LogP contribution in [0, 0.1) is 0 Å². The van der Waals surface area contributed by atoms with Crippen LogP contribution in [0.1, 0.15) is 18.1 Å². The lowest BCUT2D eigenvalue weighted by atomic mass is 10.2. The Morgan fingerprint density at radius 2 is 1.66 bits per heavy atom. The summed E-state index contributed by atoms with van der Waals surface area (Å²) in [6, 6.07) is 14.7. The predicted octanol–water partition coefficient (Wildman–Crippen LogP) is 2.37. The second kappa shape index (κ2) is 11.5. The highest BCUT2D eigenvalue weighted by atomic mass is 32.1. The smallest absolute Gasteiger partial charge is 0.276 e. The van der Waals surface area contributed by atoms with Crippen molar-refractivity contribution in [1.29, 1.82) is 0 Å². The zero-order valence-electron chi connectivity index (χ0n) is 16.2. The van der Waals surface area contributed by atoms with E-state index in [9.17, 15) is 9.59 Å². The maximum absolute atomic E-state index is 11.9. The van der Waals surface area contributed by atoms with Crippen LogP contribution in [-0.4, -0.2) is 30.6 Å². The first kappa shape index (κ1) is 21.9. The molecule has 0 aromatic heterocycles. The van der Waals surface area contributed by atoms with Crippen LogP contribution in [0.25, 0.3) is 6.08 Å². The molecule has 0 bridgehead atoms. The number of nitrogens with one attached hydrogen (secondary N) is 3. The van der Waals surface area contributed by atoms with Crippen molar-refractivity contribution in [3.63, 3.8) is 0 Å². The molecule has 2 aromatic rings. The minimum absolute atomic E-state index is 0.0324. The number of rotatable bonds is 7. The second-order valence-corrected chi connectivity index (χ2v) is 6.29. The summed E-state index contributed by atoms with van der Waals surface area (Å²) in [7, 11) is 1.58. The van der Waals surface area contributed by atoms with Crippen LogP contribution in [0.4, 0.5) is 0 Å². The van der Waals surface area contributed by atoms with Crippen molar-refractivity contribution in [2.75, 3.05) is 13.7 Å². The number of thiocarbonyl (C=S) groups is 1. The quantitative estimate of drug-likeness (QED) is 0.367. The molecule has 0 aliphatic carbocycles. The van der Waals surface area contributed by atoms with Gasteiger partial charge < -0.3 is 9.47 Å². The second-order valence-electron chi connectivity index (χ2n) is 5.88. The number of carbonyl (C=O) groups is 2. The highest BCUT2D eigenvalue weighted by Gasteiger charge is 2.05. The fourth-order valence-corrected chi connectivity index (χ4v) is 2.36. The Hall–Kier alpha value is -3.39. The summed E-state index contributed by atoms with van der Waals surface area (Å²) >= 11 is 4.97. The lowest BCUT2D eigenvalue weighted by Crippen LogP contribution is -2.49. The van der Waals surface area contributed by atoms with Crippen LogP contribution < -0.4 is 25.6 Å². The zero-order valence-corrected chi connectivity index (χ0v) is 17.0. The summed E-state index contributed by atoms with van der Waals surface area (Å²) in [5.74, 6) is 0.460. The van der Waals surface area contributed by atoms with Gasteiger partial charge in [-0.3, -0.25) is 25.8 Å². The molecule has 152 valence electrons. The Morgan fingerprint density at radius 3 is 2.28 bits per heavy atom. The average molecular weight is 413 g/mol. The molecule has 29 heavy (non-hydrogen) atoms. The van der Waals surface area contributed by atoms with Gasteiger partial charge in [0.1, 0.15) is 11.5 Å². The van der Waals surface area contributed by atoms with Crippen molar-refractivity contribution in [3.05, 3.63) is 65.7 Å².